The van der Waals surface area contributed by atoms with Gasteiger partial charge >= 0.3 is 0 Å². The summed E-state index contributed by atoms with van der Waals surface area (Å²) in [6.45, 7) is 2.88. The van der Waals surface area contributed by atoms with Gasteiger partial charge in [-0.15, -0.1) is 0 Å². The first-order valence-corrected chi connectivity index (χ1v) is 15.0. The molecule has 2 amide bonds. The fourth-order valence-corrected chi connectivity index (χ4v) is 6.19. The van der Waals surface area contributed by atoms with E-state index in [1.54, 1.807) is 0 Å². The maximum atomic E-state index is 13.7. The molecule has 220 valence electrons. The van der Waals surface area contributed by atoms with Gasteiger partial charge in [-0.1, -0.05) is 84.9 Å². The molecule has 1 aliphatic rings. The lowest BCUT2D eigenvalue weighted by molar-refractivity contribution is -0.148. The fourth-order valence-electron chi connectivity index (χ4n) is 6.19. The van der Waals surface area contributed by atoms with Crippen LogP contribution < -0.4 is 11.5 Å². The minimum absolute atomic E-state index is 0.0951. The Labute approximate surface area is 248 Å². The number of aliphatic hydroxyl groups excluding tert-OH is 1. The van der Waals surface area contributed by atoms with E-state index in [9.17, 15) is 14.7 Å². The molecule has 0 aromatic heterocycles. The Balaban J connectivity index is 1.27. The van der Waals surface area contributed by atoms with Crippen molar-refractivity contribution in [1.29, 1.82) is 0 Å². The number of rotatable bonds is 10. The number of unbranched alkanes of at least 4 members (excludes halogenated alkanes) is 1. The molecule has 42 heavy (non-hydrogen) atoms. The number of fused-ring (bicyclic) bond motifs is 2. The van der Waals surface area contributed by atoms with Gasteiger partial charge in [-0.2, -0.15) is 0 Å². The Hall–Kier alpha value is -3.78. The van der Waals surface area contributed by atoms with Crippen molar-refractivity contribution in [3.05, 3.63) is 96.1 Å². The minimum Gasteiger partial charge on any atom is -0.396 e. The Morgan fingerprint density at radius 3 is 1.76 bits per heavy atom. The average Bonchev–Trinajstić information content (AvgIpc) is 3.00. The molecule has 0 aliphatic carbocycles. The van der Waals surface area contributed by atoms with Crippen molar-refractivity contribution in [2.45, 2.75) is 63.2 Å². The standard InChI is InChI=1S/C35H42N4O3/c1-24-22-39(35(42)33(37)21-26-14-16-28-9-3-5-11-30(28)19-26)31(12-6-7-17-40)23-38(24)34(41)32(36)20-25-13-15-27-8-2-4-10-29(27)18-25/h2-5,8-11,13-16,18-19,24,31-33,40H,6-7,12,17,20-23,36-37H2,1H3/t24-,31+,32?,33?/m1/s1. The zero-order chi connectivity index (χ0) is 29.6. The lowest BCUT2D eigenvalue weighted by atomic mass is 9.96. The summed E-state index contributed by atoms with van der Waals surface area (Å²) < 4.78 is 0. The van der Waals surface area contributed by atoms with Gasteiger partial charge in [0.15, 0.2) is 0 Å². The molecule has 5 N–H and O–H groups in total. The molecule has 4 aromatic rings. The van der Waals surface area contributed by atoms with Crippen molar-refractivity contribution >= 4 is 33.4 Å². The third kappa shape index (κ3) is 6.81. The third-order valence-corrected chi connectivity index (χ3v) is 8.53. The van der Waals surface area contributed by atoms with Gasteiger partial charge in [0.1, 0.15) is 0 Å². The first-order valence-electron chi connectivity index (χ1n) is 15.0. The monoisotopic (exact) mass is 566 g/mol. The molecule has 0 saturated carbocycles. The molecule has 0 bridgehead atoms. The number of hydrogen-bond acceptors (Lipinski definition) is 5. The van der Waals surface area contributed by atoms with Crippen LogP contribution in [-0.4, -0.2) is 70.6 Å². The van der Waals surface area contributed by atoms with E-state index in [0.29, 0.717) is 38.8 Å². The summed E-state index contributed by atoms with van der Waals surface area (Å²) in [5.41, 5.74) is 15.1. The van der Waals surface area contributed by atoms with Gasteiger partial charge in [0, 0.05) is 31.8 Å². The molecule has 0 radical (unpaired) electrons. The first kappa shape index (κ1) is 29.7. The van der Waals surface area contributed by atoms with E-state index < -0.39 is 12.1 Å². The lowest BCUT2D eigenvalue weighted by Gasteiger charge is -2.47. The lowest BCUT2D eigenvalue weighted by Crippen LogP contribution is -2.64. The zero-order valence-corrected chi connectivity index (χ0v) is 24.4. The molecule has 1 fully saturated rings. The molecule has 2 unspecified atom stereocenters. The first-order chi connectivity index (χ1) is 20.3. The Kier molecular flexibility index (Phi) is 9.52. The number of carbonyl (C=O) groups is 2. The van der Waals surface area contributed by atoms with Gasteiger partial charge in [0.2, 0.25) is 11.8 Å². The molecular formula is C35H42N4O3. The normalized spacial score (nSPS) is 18.8. The number of carbonyl (C=O) groups excluding carboxylic acids is 2. The van der Waals surface area contributed by atoms with Crippen LogP contribution in [0.1, 0.15) is 37.3 Å². The molecule has 1 heterocycles. The molecule has 0 spiro atoms. The molecule has 5 rings (SSSR count). The third-order valence-electron chi connectivity index (χ3n) is 8.53. The summed E-state index contributed by atoms with van der Waals surface area (Å²) in [4.78, 5) is 31.1. The SMILES string of the molecule is C[C@@H]1CN(C(=O)C(N)Cc2ccc3ccccc3c2)[C@@H](CCCCO)CN1C(=O)C(N)Cc1ccc2ccccc2c1. The van der Waals surface area contributed by atoms with Crippen LogP contribution in [0.4, 0.5) is 0 Å². The van der Waals surface area contributed by atoms with Crippen LogP contribution in [0, 0.1) is 0 Å². The maximum Gasteiger partial charge on any atom is 0.240 e. The highest BCUT2D eigenvalue weighted by atomic mass is 16.3. The van der Waals surface area contributed by atoms with E-state index in [-0.39, 0.29) is 30.5 Å². The predicted molar refractivity (Wildman–Crippen MR) is 169 cm³/mol. The quantitative estimate of drug-likeness (QED) is 0.251. The summed E-state index contributed by atoms with van der Waals surface area (Å²) in [5, 5.41) is 13.9. The van der Waals surface area contributed by atoms with E-state index in [0.717, 1.165) is 39.1 Å². The Morgan fingerprint density at radius 2 is 1.24 bits per heavy atom. The molecule has 7 heteroatoms. The van der Waals surface area contributed by atoms with E-state index in [2.05, 4.69) is 48.5 Å². The summed E-state index contributed by atoms with van der Waals surface area (Å²) in [6.07, 6.45) is 2.97. The van der Waals surface area contributed by atoms with Crippen LogP contribution >= 0.6 is 0 Å². The van der Waals surface area contributed by atoms with Crippen LogP contribution in [-0.2, 0) is 22.4 Å². The molecule has 4 atom stereocenters. The van der Waals surface area contributed by atoms with Gasteiger partial charge in [0.25, 0.3) is 0 Å². The highest BCUT2D eigenvalue weighted by Crippen LogP contribution is 2.24. The number of nitrogens with zero attached hydrogens (tertiary/aromatic N) is 2. The van der Waals surface area contributed by atoms with Crippen molar-refractivity contribution in [2.75, 3.05) is 19.7 Å². The fraction of sp³-hybridized carbons (Fsp3) is 0.371. The second kappa shape index (κ2) is 13.5. The molecule has 4 aromatic carbocycles. The summed E-state index contributed by atoms with van der Waals surface area (Å²) in [7, 11) is 0. The number of amides is 2. The number of aliphatic hydroxyl groups is 1. The van der Waals surface area contributed by atoms with Crippen LogP contribution in [0.25, 0.3) is 21.5 Å². The highest BCUT2D eigenvalue weighted by molar-refractivity contribution is 5.87. The Bertz CT molecular complexity index is 1540. The number of hydrogen-bond donors (Lipinski definition) is 3. The predicted octanol–water partition coefficient (Wildman–Crippen LogP) is 4.02. The van der Waals surface area contributed by atoms with Crippen LogP contribution in [0.2, 0.25) is 0 Å². The second-order valence-corrected chi connectivity index (χ2v) is 11.7. The van der Waals surface area contributed by atoms with Gasteiger partial charge < -0.3 is 26.4 Å². The summed E-state index contributed by atoms with van der Waals surface area (Å²) in [6, 6.07) is 26.9. The van der Waals surface area contributed by atoms with Crippen LogP contribution in [0.3, 0.4) is 0 Å². The van der Waals surface area contributed by atoms with Crippen LogP contribution in [0.15, 0.2) is 84.9 Å². The second-order valence-electron chi connectivity index (χ2n) is 11.7. The highest BCUT2D eigenvalue weighted by Gasteiger charge is 2.39. The van der Waals surface area contributed by atoms with Crippen molar-refractivity contribution in [1.82, 2.24) is 9.80 Å². The van der Waals surface area contributed by atoms with Gasteiger partial charge in [0.05, 0.1) is 12.1 Å². The van der Waals surface area contributed by atoms with E-state index in [1.807, 2.05) is 53.1 Å². The van der Waals surface area contributed by atoms with E-state index in [4.69, 9.17) is 11.5 Å². The van der Waals surface area contributed by atoms with E-state index in [1.165, 1.54) is 0 Å². The average molecular weight is 567 g/mol. The number of piperazine rings is 1. The topological polar surface area (TPSA) is 113 Å². The molecule has 1 saturated heterocycles. The minimum atomic E-state index is -0.684. The molecule has 7 nitrogen and oxygen atoms in total. The van der Waals surface area contributed by atoms with E-state index >= 15 is 0 Å². The van der Waals surface area contributed by atoms with Crippen molar-refractivity contribution in [3.63, 3.8) is 0 Å². The summed E-state index contributed by atoms with van der Waals surface area (Å²) in [5.74, 6) is -0.202. The Morgan fingerprint density at radius 1 is 0.738 bits per heavy atom. The zero-order valence-electron chi connectivity index (χ0n) is 24.4. The molecular weight excluding hydrogens is 524 g/mol. The van der Waals surface area contributed by atoms with Crippen molar-refractivity contribution in [2.24, 2.45) is 11.5 Å². The molecule has 1 aliphatic heterocycles. The van der Waals surface area contributed by atoms with Crippen molar-refractivity contribution in [3.8, 4) is 0 Å². The van der Waals surface area contributed by atoms with Crippen molar-refractivity contribution < 1.29 is 14.7 Å². The van der Waals surface area contributed by atoms with Crippen LogP contribution in [0.5, 0.6) is 0 Å². The number of nitrogens with two attached hydrogens (primary N) is 2. The van der Waals surface area contributed by atoms with Gasteiger partial charge in [-0.3, -0.25) is 9.59 Å². The maximum absolute atomic E-state index is 13.7. The largest absolute Gasteiger partial charge is 0.396 e. The van der Waals surface area contributed by atoms with Gasteiger partial charge in [-0.05, 0) is 71.7 Å². The number of benzene rings is 4. The summed E-state index contributed by atoms with van der Waals surface area (Å²) >= 11 is 0. The smallest absolute Gasteiger partial charge is 0.240 e. The van der Waals surface area contributed by atoms with Gasteiger partial charge in [-0.25, -0.2) is 0 Å².